The average Bonchev–Trinajstić information content (AvgIpc) is 2.92. The van der Waals surface area contributed by atoms with Crippen LogP contribution in [0.4, 0.5) is 0 Å². The number of carbonyl (C=O) groups is 1. The number of hydrogen-bond donors (Lipinski definition) is 0. The zero-order chi connectivity index (χ0) is 13.8. The van der Waals surface area contributed by atoms with Crippen LogP contribution < -0.4 is 4.74 Å². The minimum Gasteiger partial charge on any atom is -0.496 e. The van der Waals surface area contributed by atoms with Crippen molar-refractivity contribution < 1.29 is 9.53 Å². The highest BCUT2D eigenvalue weighted by Gasteiger charge is 2.12. The van der Waals surface area contributed by atoms with E-state index in [1.165, 1.54) is 12.8 Å². The van der Waals surface area contributed by atoms with Crippen LogP contribution in [0.5, 0.6) is 5.75 Å². The van der Waals surface area contributed by atoms with Crippen molar-refractivity contribution in [2.75, 3.05) is 20.2 Å². The Morgan fingerprint density at radius 2 is 1.89 bits per heavy atom. The van der Waals surface area contributed by atoms with Gasteiger partial charge in [-0.1, -0.05) is 0 Å². The lowest BCUT2D eigenvalue weighted by molar-refractivity contribution is 0.105. The van der Waals surface area contributed by atoms with Gasteiger partial charge in [0.25, 0.3) is 0 Å². The van der Waals surface area contributed by atoms with E-state index in [0.717, 1.165) is 30.0 Å². The van der Waals surface area contributed by atoms with Crippen LogP contribution in [0.25, 0.3) is 0 Å². The standard InChI is InChI=1S/C16H19NO2/c1-12-13(2)16(19-3)7-6-14(12)15(18)8-11-17-9-4-5-10-17/h6-7H,4-5,9-10H2,1-3H3. The van der Waals surface area contributed by atoms with Crippen molar-refractivity contribution in [2.24, 2.45) is 0 Å². The maximum Gasteiger partial charge on any atom is 0.237 e. The summed E-state index contributed by atoms with van der Waals surface area (Å²) in [5.74, 6) is 3.43. The van der Waals surface area contributed by atoms with Crippen LogP contribution in [0.3, 0.4) is 0 Å². The first-order chi connectivity index (χ1) is 9.13. The first kappa shape index (κ1) is 13.5. The molecule has 19 heavy (non-hydrogen) atoms. The number of benzene rings is 1. The molecule has 0 aromatic heterocycles. The zero-order valence-corrected chi connectivity index (χ0v) is 11.7. The van der Waals surface area contributed by atoms with E-state index in [0.29, 0.717) is 5.56 Å². The van der Waals surface area contributed by atoms with Gasteiger partial charge in [0, 0.05) is 24.7 Å². The molecule has 3 heteroatoms. The number of methoxy groups -OCH3 is 1. The summed E-state index contributed by atoms with van der Waals surface area (Å²) in [7, 11) is 1.64. The number of hydrogen-bond acceptors (Lipinski definition) is 3. The van der Waals surface area contributed by atoms with E-state index in [1.807, 2.05) is 24.8 Å². The summed E-state index contributed by atoms with van der Waals surface area (Å²) in [6.07, 6.45) is 2.34. The topological polar surface area (TPSA) is 29.5 Å². The summed E-state index contributed by atoms with van der Waals surface area (Å²) in [6.45, 7) is 5.84. The van der Waals surface area contributed by atoms with Crippen molar-refractivity contribution >= 4 is 5.78 Å². The summed E-state index contributed by atoms with van der Waals surface area (Å²) in [4.78, 5) is 14.2. The third kappa shape index (κ3) is 2.90. The molecular weight excluding hydrogens is 238 g/mol. The van der Waals surface area contributed by atoms with E-state index >= 15 is 0 Å². The maximum absolute atomic E-state index is 12.1. The molecule has 0 radical (unpaired) electrons. The zero-order valence-electron chi connectivity index (χ0n) is 11.7. The van der Waals surface area contributed by atoms with Crippen molar-refractivity contribution in [3.8, 4) is 17.7 Å². The van der Waals surface area contributed by atoms with E-state index in [2.05, 4.69) is 12.0 Å². The molecule has 0 atom stereocenters. The van der Waals surface area contributed by atoms with Crippen molar-refractivity contribution in [3.63, 3.8) is 0 Å². The Hall–Kier alpha value is -1.95. The lowest BCUT2D eigenvalue weighted by Gasteiger charge is -2.10. The molecular formula is C16H19NO2. The Kier molecular flexibility index (Phi) is 4.11. The molecule has 0 aliphatic carbocycles. The summed E-state index contributed by atoms with van der Waals surface area (Å²) < 4.78 is 5.25. The van der Waals surface area contributed by atoms with E-state index in [4.69, 9.17) is 4.74 Å². The summed E-state index contributed by atoms with van der Waals surface area (Å²) in [6, 6.07) is 6.58. The number of nitrogens with zero attached hydrogens (tertiary/aromatic N) is 1. The van der Waals surface area contributed by atoms with Crippen LogP contribution in [0.2, 0.25) is 0 Å². The van der Waals surface area contributed by atoms with Crippen LogP contribution >= 0.6 is 0 Å². The highest BCUT2D eigenvalue weighted by atomic mass is 16.5. The van der Waals surface area contributed by atoms with E-state index in [-0.39, 0.29) is 5.78 Å². The third-order valence-corrected chi connectivity index (χ3v) is 3.64. The van der Waals surface area contributed by atoms with Gasteiger partial charge < -0.3 is 9.64 Å². The Bertz CT molecular complexity index is 546. The van der Waals surface area contributed by atoms with Crippen LogP contribution in [0.1, 0.15) is 34.3 Å². The quantitative estimate of drug-likeness (QED) is 0.602. The highest BCUT2D eigenvalue weighted by molar-refractivity contribution is 6.10. The van der Waals surface area contributed by atoms with Gasteiger partial charge >= 0.3 is 0 Å². The van der Waals surface area contributed by atoms with Crippen LogP contribution in [-0.2, 0) is 0 Å². The monoisotopic (exact) mass is 257 g/mol. The number of ketones is 1. The number of likely N-dealkylation sites (tertiary alicyclic amines) is 1. The van der Waals surface area contributed by atoms with Gasteiger partial charge in [-0.15, -0.1) is 0 Å². The molecule has 0 saturated carbocycles. The maximum atomic E-state index is 12.1. The molecule has 3 nitrogen and oxygen atoms in total. The molecule has 1 aromatic carbocycles. The fourth-order valence-electron chi connectivity index (χ4n) is 2.29. The van der Waals surface area contributed by atoms with Crippen molar-refractivity contribution in [1.82, 2.24) is 4.90 Å². The molecule has 2 rings (SSSR count). The Morgan fingerprint density at radius 3 is 2.53 bits per heavy atom. The Morgan fingerprint density at radius 1 is 1.21 bits per heavy atom. The van der Waals surface area contributed by atoms with Crippen molar-refractivity contribution in [2.45, 2.75) is 26.7 Å². The second kappa shape index (κ2) is 5.79. The number of carbonyl (C=O) groups excluding carboxylic acids is 1. The molecule has 0 amide bonds. The molecule has 100 valence electrons. The molecule has 1 aliphatic heterocycles. The van der Waals surface area contributed by atoms with Crippen LogP contribution in [0.15, 0.2) is 12.1 Å². The third-order valence-electron chi connectivity index (χ3n) is 3.64. The van der Waals surface area contributed by atoms with Crippen molar-refractivity contribution in [1.29, 1.82) is 0 Å². The summed E-state index contributed by atoms with van der Waals surface area (Å²) in [5.41, 5.74) is 2.61. The smallest absolute Gasteiger partial charge is 0.237 e. The lowest BCUT2D eigenvalue weighted by atomic mass is 9.99. The fraction of sp³-hybridized carbons (Fsp3) is 0.438. The van der Waals surface area contributed by atoms with Gasteiger partial charge in [-0.25, -0.2) is 0 Å². The molecule has 1 fully saturated rings. The van der Waals surface area contributed by atoms with E-state index in [1.54, 1.807) is 13.2 Å². The van der Waals surface area contributed by atoms with Crippen molar-refractivity contribution in [3.05, 3.63) is 28.8 Å². The molecule has 0 unspecified atom stereocenters. The van der Waals surface area contributed by atoms with Gasteiger partial charge in [-0.05, 0) is 55.9 Å². The van der Waals surface area contributed by atoms with Gasteiger partial charge in [0.05, 0.1) is 7.11 Å². The minimum absolute atomic E-state index is 0.116. The molecule has 0 spiro atoms. The Balaban J connectivity index is 2.21. The van der Waals surface area contributed by atoms with Gasteiger partial charge in [-0.3, -0.25) is 4.79 Å². The number of ether oxygens (including phenoxy) is 1. The molecule has 0 bridgehead atoms. The minimum atomic E-state index is -0.116. The van der Waals surface area contributed by atoms with Gasteiger partial charge in [0.1, 0.15) is 5.75 Å². The average molecular weight is 257 g/mol. The molecule has 1 heterocycles. The first-order valence-corrected chi connectivity index (χ1v) is 6.58. The second-order valence-corrected chi connectivity index (χ2v) is 4.83. The SMILES string of the molecule is COc1ccc(C(=O)C#CN2CCCC2)c(C)c1C. The summed E-state index contributed by atoms with van der Waals surface area (Å²) >= 11 is 0. The second-order valence-electron chi connectivity index (χ2n) is 4.83. The fourth-order valence-corrected chi connectivity index (χ4v) is 2.29. The predicted octanol–water partition coefficient (Wildman–Crippen LogP) is 2.55. The molecule has 1 aromatic rings. The highest BCUT2D eigenvalue weighted by Crippen LogP contribution is 2.24. The van der Waals surface area contributed by atoms with Gasteiger partial charge in [0.2, 0.25) is 5.78 Å². The largest absolute Gasteiger partial charge is 0.496 e. The van der Waals surface area contributed by atoms with E-state index in [9.17, 15) is 4.79 Å². The molecule has 1 aliphatic rings. The van der Waals surface area contributed by atoms with Gasteiger partial charge in [-0.2, -0.15) is 0 Å². The van der Waals surface area contributed by atoms with Crippen LogP contribution in [-0.4, -0.2) is 30.9 Å². The lowest BCUT2D eigenvalue weighted by Crippen LogP contribution is -2.12. The summed E-state index contributed by atoms with van der Waals surface area (Å²) in [5, 5.41) is 0. The van der Waals surface area contributed by atoms with Gasteiger partial charge in [0.15, 0.2) is 0 Å². The predicted molar refractivity (Wildman–Crippen MR) is 75.4 cm³/mol. The van der Waals surface area contributed by atoms with E-state index < -0.39 is 0 Å². The number of rotatable bonds is 2. The Labute approximate surface area is 114 Å². The molecule has 1 saturated heterocycles. The molecule has 0 N–H and O–H groups in total. The normalized spacial score (nSPS) is 13.9. The first-order valence-electron chi connectivity index (χ1n) is 6.58. The number of Topliss-reactive ketones (excluding diaryl/α,β-unsaturated/α-hetero) is 1. The van der Waals surface area contributed by atoms with Crippen LogP contribution in [0, 0.1) is 25.8 Å².